The Morgan fingerprint density at radius 3 is 1.90 bits per heavy atom. The molecular formula is C28H24N2. The summed E-state index contributed by atoms with van der Waals surface area (Å²) in [4.78, 5) is 0. The van der Waals surface area contributed by atoms with Crippen LogP contribution in [-0.2, 0) is 5.54 Å². The van der Waals surface area contributed by atoms with Crippen molar-refractivity contribution >= 4 is 43.6 Å². The molecule has 0 fully saturated rings. The minimum atomic E-state index is -0.0153. The summed E-state index contributed by atoms with van der Waals surface area (Å²) in [5.74, 6) is 0. The third-order valence-corrected chi connectivity index (χ3v) is 6.16. The van der Waals surface area contributed by atoms with Gasteiger partial charge in [0.25, 0.3) is 0 Å². The minimum absolute atomic E-state index is 0.0153. The van der Waals surface area contributed by atoms with Gasteiger partial charge in [-0.1, -0.05) is 60.7 Å². The fraction of sp³-hybridized carbons (Fsp3) is 0.143. The summed E-state index contributed by atoms with van der Waals surface area (Å²) < 4.78 is 4.93. The molecule has 6 aromatic rings. The minimum Gasteiger partial charge on any atom is -0.335 e. The summed E-state index contributed by atoms with van der Waals surface area (Å²) in [6, 6.07) is 32.9. The van der Waals surface area contributed by atoms with E-state index in [0.717, 1.165) is 0 Å². The lowest BCUT2D eigenvalue weighted by molar-refractivity contribution is 0.423. The number of para-hydroxylation sites is 3. The van der Waals surface area contributed by atoms with E-state index in [1.54, 1.807) is 0 Å². The van der Waals surface area contributed by atoms with Crippen LogP contribution in [0.5, 0.6) is 0 Å². The van der Waals surface area contributed by atoms with E-state index in [4.69, 9.17) is 0 Å². The van der Waals surface area contributed by atoms with Crippen LogP contribution in [0, 0.1) is 0 Å². The molecule has 6 rings (SSSR count). The smallest absolute Gasteiger partial charge is 0.0641 e. The van der Waals surface area contributed by atoms with Crippen LogP contribution in [0.4, 0.5) is 0 Å². The van der Waals surface area contributed by atoms with E-state index in [1.807, 2.05) is 0 Å². The second kappa shape index (κ2) is 5.99. The summed E-state index contributed by atoms with van der Waals surface area (Å²) in [6.45, 7) is 6.86. The van der Waals surface area contributed by atoms with Gasteiger partial charge in [0.05, 0.1) is 16.6 Å². The van der Waals surface area contributed by atoms with Crippen molar-refractivity contribution in [1.82, 2.24) is 9.13 Å². The van der Waals surface area contributed by atoms with Crippen LogP contribution in [0.15, 0.2) is 91.0 Å². The molecule has 0 saturated heterocycles. The molecule has 0 bridgehead atoms. The zero-order valence-corrected chi connectivity index (χ0v) is 17.6. The van der Waals surface area contributed by atoms with E-state index in [-0.39, 0.29) is 5.54 Å². The molecule has 0 amide bonds. The SMILES string of the molecule is CC(C)(C)n1c2ccccc2c2c3c(ccc21)c1ccccc1n3-c1ccccc1. The molecule has 0 aliphatic rings. The number of hydrogen-bond acceptors (Lipinski definition) is 0. The van der Waals surface area contributed by atoms with Gasteiger partial charge in [-0.3, -0.25) is 0 Å². The van der Waals surface area contributed by atoms with Gasteiger partial charge in [0.1, 0.15) is 0 Å². The van der Waals surface area contributed by atoms with Gasteiger partial charge in [-0.2, -0.15) is 0 Å². The first-order valence-electron chi connectivity index (χ1n) is 10.6. The first-order valence-corrected chi connectivity index (χ1v) is 10.6. The average molecular weight is 389 g/mol. The molecule has 0 unspecified atom stereocenters. The molecule has 0 N–H and O–H groups in total. The molecule has 2 heterocycles. The Morgan fingerprint density at radius 2 is 1.17 bits per heavy atom. The van der Waals surface area contributed by atoms with Crippen LogP contribution >= 0.6 is 0 Å². The maximum atomic E-state index is 2.49. The number of hydrogen-bond donors (Lipinski definition) is 0. The standard InChI is InChI=1S/C28H24N2/c1-28(2,3)30-24-16-10-8-14-22(24)26-25(30)18-17-21-20-13-7-9-15-23(20)29(27(21)26)19-11-5-4-6-12-19/h4-18H,1-3H3. The average Bonchev–Trinajstić information content (AvgIpc) is 3.27. The van der Waals surface area contributed by atoms with E-state index in [1.165, 1.54) is 49.3 Å². The molecule has 2 heteroatoms. The lowest BCUT2D eigenvalue weighted by atomic mass is 10.1. The van der Waals surface area contributed by atoms with Gasteiger partial charge in [0.15, 0.2) is 0 Å². The van der Waals surface area contributed by atoms with Crippen molar-refractivity contribution in [1.29, 1.82) is 0 Å². The van der Waals surface area contributed by atoms with Gasteiger partial charge in [-0.15, -0.1) is 0 Å². The molecule has 146 valence electrons. The monoisotopic (exact) mass is 388 g/mol. The normalized spacial score (nSPS) is 12.5. The van der Waals surface area contributed by atoms with Crippen LogP contribution in [0.3, 0.4) is 0 Å². The highest BCUT2D eigenvalue weighted by Gasteiger charge is 2.24. The quantitative estimate of drug-likeness (QED) is 0.274. The molecule has 0 spiro atoms. The van der Waals surface area contributed by atoms with Crippen LogP contribution in [0.1, 0.15) is 20.8 Å². The molecule has 2 aromatic heterocycles. The Hall–Kier alpha value is -3.52. The van der Waals surface area contributed by atoms with Crippen molar-refractivity contribution in [3.05, 3.63) is 91.0 Å². The first-order chi connectivity index (χ1) is 14.6. The van der Waals surface area contributed by atoms with Crippen LogP contribution in [0.2, 0.25) is 0 Å². The fourth-order valence-corrected chi connectivity index (χ4v) is 5.08. The molecule has 30 heavy (non-hydrogen) atoms. The predicted octanol–water partition coefficient (Wildman–Crippen LogP) is 7.65. The van der Waals surface area contributed by atoms with Crippen molar-refractivity contribution in [2.75, 3.05) is 0 Å². The summed E-state index contributed by atoms with van der Waals surface area (Å²) in [5.41, 5.74) is 6.30. The van der Waals surface area contributed by atoms with Crippen molar-refractivity contribution in [3.63, 3.8) is 0 Å². The molecular weight excluding hydrogens is 364 g/mol. The number of fused-ring (bicyclic) bond motifs is 7. The lowest BCUT2D eigenvalue weighted by Crippen LogP contribution is -2.21. The highest BCUT2D eigenvalue weighted by Crippen LogP contribution is 2.42. The van der Waals surface area contributed by atoms with Gasteiger partial charge in [-0.05, 0) is 51.1 Å². The van der Waals surface area contributed by atoms with Crippen LogP contribution in [-0.4, -0.2) is 9.13 Å². The van der Waals surface area contributed by atoms with Crippen molar-refractivity contribution in [3.8, 4) is 5.69 Å². The second-order valence-electron chi connectivity index (χ2n) is 9.07. The molecule has 2 nitrogen and oxygen atoms in total. The van der Waals surface area contributed by atoms with Crippen LogP contribution < -0.4 is 0 Å². The topological polar surface area (TPSA) is 9.86 Å². The Morgan fingerprint density at radius 1 is 0.533 bits per heavy atom. The van der Waals surface area contributed by atoms with Gasteiger partial charge in [-0.25, -0.2) is 0 Å². The third-order valence-electron chi connectivity index (χ3n) is 6.16. The Labute approximate surface area is 176 Å². The molecule has 0 atom stereocenters. The van der Waals surface area contributed by atoms with Gasteiger partial charge < -0.3 is 9.13 Å². The summed E-state index contributed by atoms with van der Waals surface area (Å²) in [6.07, 6.45) is 0. The zero-order valence-electron chi connectivity index (χ0n) is 17.6. The molecule has 4 aromatic carbocycles. The molecule has 0 saturated carbocycles. The van der Waals surface area contributed by atoms with E-state index in [9.17, 15) is 0 Å². The highest BCUT2D eigenvalue weighted by molar-refractivity contribution is 6.25. The Kier molecular flexibility index (Phi) is 3.47. The van der Waals surface area contributed by atoms with E-state index < -0.39 is 0 Å². The van der Waals surface area contributed by atoms with E-state index in [0.29, 0.717) is 0 Å². The molecule has 0 aliphatic carbocycles. The number of benzene rings is 4. The third kappa shape index (κ3) is 2.25. The van der Waals surface area contributed by atoms with E-state index >= 15 is 0 Å². The van der Waals surface area contributed by atoms with Crippen molar-refractivity contribution in [2.45, 2.75) is 26.3 Å². The van der Waals surface area contributed by atoms with Crippen LogP contribution in [0.25, 0.3) is 49.3 Å². The fourth-order valence-electron chi connectivity index (χ4n) is 5.08. The van der Waals surface area contributed by atoms with Gasteiger partial charge in [0, 0.05) is 38.3 Å². The van der Waals surface area contributed by atoms with Crippen molar-refractivity contribution in [2.24, 2.45) is 0 Å². The Bertz CT molecular complexity index is 1560. The molecule has 0 aliphatic heterocycles. The predicted molar refractivity (Wildman–Crippen MR) is 129 cm³/mol. The first kappa shape index (κ1) is 17.3. The zero-order chi connectivity index (χ0) is 20.5. The highest BCUT2D eigenvalue weighted by atomic mass is 15.1. The number of rotatable bonds is 1. The van der Waals surface area contributed by atoms with Crippen molar-refractivity contribution < 1.29 is 0 Å². The number of nitrogens with zero attached hydrogens (tertiary/aromatic N) is 2. The summed E-state index contributed by atoms with van der Waals surface area (Å²) in [7, 11) is 0. The Balaban J connectivity index is 1.95. The second-order valence-corrected chi connectivity index (χ2v) is 9.07. The number of aromatic nitrogens is 2. The maximum Gasteiger partial charge on any atom is 0.0641 e. The van der Waals surface area contributed by atoms with Gasteiger partial charge in [0.2, 0.25) is 0 Å². The summed E-state index contributed by atoms with van der Waals surface area (Å²) in [5, 5.41) is 5.25. The lowest BCUT2D eigenvalue weighted by Gasteiger charge is -2.24. The van der Waals surface area contributed by atoms with E-state index in [2.05, 4.69) is 121 Å². The maximum absolute atomic E-state index is 2.49. The van der Waals surface area contributed by atoms with Gasteiger partial charge >= 0.3 is 0 Å². The molecule has 0 radical (unpaired) electrons. The summed E-state index contributed by atoms with van der Waals surface area (Å²) >= 11 is 0. The largest absolute Gasteiger partial charge is 0.335 e.